The second kappa shape index (κ2) is 5.86. The van der Waals surface area contributed by atoms with E-state index in [-0.39, 0.29) is 0 Å². The molecule has 0 radical (unpaired) electrons. The number of hydrogen-bond donors (Lipinski definition) is 0. The molecule has 4 unspecified atom stereocenters. The van der Waals surface area contributed by atoms with Gasteiger partial charge in [0, 0.05) is 0 Å². The van der Waals surface area contributed by atoms with Gasteiger partial charge in [-0.3, -0.25) is 9.59 Å². The lowest BCUT2D eigenvalue weighted by atomic mass is 9.85. The highest BCUT2D eigenvalue weighted by Crippen LogP contribution is 2.56. The summed E-state index contributed by atoms with van der Waals surface area (Å²) in [5.41, 5.74) is 0. The minimum atomic E-state index is -7.53. The molecule has 6 nitrogen and oxygen atoms in total. The molecular weight excluding hydrogens is 453 g/mol. The van der Waals surface area contributed by atoms with Crippen LogP contribution in [0.3, 0.4) is 0 Å². The number of amides is 2. The minimum Gasteiger partial charge on any atom is -0.272 e. The van der Waals surface area contributed by atoms with Gasteiger partial charge in [-0.25, -0.2) is 0 Å². The summed E-state index contributed by atoms with van der Waals surface area (Å²) in [7, 11) is -7.36. The molecule has 1 saturated heterocycles. The zero-order chi connectivity index (χ0) is 22.4. The normalized spacial score (nSPS) is 30.4. The standard InChI is InChI=1S/C13H8F9NO5S/c14-10(15,12(18,19)20)11(16,17)13(21,22)29(26,27)28-23-8(24)6-4-1-2-5(3-4)7(6)9(23)25/h1-2,4-7H,3H2. The molecule has 1 heterocycles. The quantitative estimate of drug-likeness (QED) is 0.357. The van der Waals surface area contributed by atoms with E-state index in [1.807, 2.05) is 0 Å². The van der Waals surface area contributed by atoms with Gasteiger partial charge in [0.15, 0.2) is 0 Å². The van der Waals surface area contributed by atoms with Crippen LogP contribution in [0, 0.1) is 23.7 Å². The van der Waals surface area contributed by atoms with Gasteiger partial charge in [-0.05, 0) is 18.3 Å². The number of carbonyl (C=O) groups excluding carboxylic acids is 2. The van der Waals surface area contributed by atoms with Crippen LogP contribution in [0.2, 0.25) is 0 Å². The van der Waals surface area contributed by atoms with Crippen LogP contribution in [-0.4, -0.2) is 48.6 Å². The van der Waals surface area contributed by atoms with Gasteiger partial charge in [0.2, 0.25) is 0 Å². The van der Waals surface area contributed by atoms with E-state index in [0.717, 1.165) is 0 Å². The lowest BCUT2D eigenvalue weighted by molar-refractivity contribution is -0.383. The van der Waals surface area contributed by atoms with Gasteiger partial charge >= 0.3 is 33.4 Å². The number of halogens is 9. The van der Waals surface area contributed by atoms with E-state index < -0.39 is 73.9 Å². The van der Waals surface area contributed by atoms with Crippen LogP contribution < -0.4 is 0 Å². The summed E-state index contributed by atoms with van der Waals surface area (Å²) in [6.45, 7) is 0. The van der Waals surface area contributed by atoms with Crippen molar-refractivity contribution in [2.24, 2.45) is 23.7 Å². The van der Waals surface area contributed by atoms with Crippen molar-refractivity contribution < 1.29 is 61.8 Å². The van der Waals surface area contributed by atoms with Crippen molar-refractivity contribution in [2.75, 3.05) is 0 Å². The summed E-state index contributed by atoms with van der Waals surface area (Å²) in [6, 6.07) is 0. The summed E-state index contributed by atoms with van der Waals surface area (Å²) in [6.07, 6.45) is -4.01. The maximum atomic E-state index is 13.7. The Kier molecular flexibility index (Phi) is 4.42. The van der Waals surface area contributed by atoms with Crippen LogP contribution in [0.4, 0.5) is 39.5 Å². The molecular formula is C13H8F9NO5S. The minimum absolute atomic E-state index is 0.291. The second-order valence-corrected chi connectivity index (χ2v) is 8.23. The third-order valence-corrected chi connectivity index (χ3v) is 6.26. The van der Waals surface area contributed by atoms with Crippen LogP contribution in [0.1, 0.15) is 6.42 Å². The number of alkyl halides is 9. The van der Waals surface area contributed by atoms with Gasteiger partial charge in [0.1, 0.15) is 0 Å². The Morgan fingerprint density at radius 3 is 1.62 bits per heavy atom. The SMILES string of the molecule is O=C1C2C3C=CC(C3)C2C(=O)N1OS(=O)(=O)C(F)(F)C(F)(F)C(F)(F)C(F)(F)F. The second-order valence-electron chi connectivity index (χ2n) is 6.66. The first-order valence-corrected chi connectivity index (χ1v) is 9.00. The third-order valence-electron chi connectivity index (χ3n) is 5.03. The fraction of sp³-hybridized carbons (Fsp3) is 0.692. The van der Waals surface area contributed by atoms with Gasteiger partial charge in [-0.2, -0.15) is 47.9 Å². The average molecular weight is 461 g/mol. The number of hydroxylamine groups is 2. The largest absolute Gasteiger partial charge is 0.460 e. The van der Waals surface area contributed by atoms with E-state index in [2.05, 4.69) is 4.28 Å². The zero-order valence-corrected chi connectivity index (χ0v) is 14.3. The number of rotatable bonds is 5. The molecule has 3 rings (SSSR count). The Balaban J connectivity index is 1.91. The van der Waals surface area contributed by atoms with Gasteiger partial charge in [-0.15, -0.1) is 9.35 Å². The number of imide groups is 1. The number of hydrogen-bond acceptors (Lipinski definition) is 5. The molecule has 2 aliphatic carbocycles. The molecule has 2 bridgehead atoms. The Morgan fingerprint density at radius 1 is 0.828 bits per heavy atom. The molecule has 0 N–H and O–H groups in total. The van der Waals surface area contributed by atoms with E-state index in [1.165, 1.54) is 12.2 Å². The molecule has 2 fully saturated rings. The predicted octanol–water partition coefficient (Wildman–Crippen LogP) is 2.48. The first kappa shape index (κ1) is 21.9. The van der Waals surface area contributed by atoms with Crippen molar-refractivity contribution in [3.05, 3.63) is 12.2 Å². The highest BCUT2D eigenvalue weighted by atomic mass is 32.2. The van der Waals surface area contributed by atoms with Crippen LogP contribution in [0.25, 0.3) is 0 Å². The Bertz CT molecular complexity index is 867. The topological polar surface area (TPSA) is 80.8 Å². The van der Waals surface area contributed by atoms with Gasteiger partial charge in [0.25, 0.3) is 11.8 Å². The maximum Gasteiger partial charge on any atom is 0.460 e. The van der Waals surface area contributed by atoms with E-state index in [0.29, 0.717) is 6.42 Å². The summed E-state index contributed by atoms with van der Waals surface area (Å²) in [5, 5.41) is -7.96. The van der Waals surface area contributed by atoms with Crippen LogP contribution >= 0.6 is 0 Å². The summed E-state index contributed by atoms with van der Waals surface area (Å²) >= 11 is 0. The van der Waals surface area contributed by atoms with Gasteiger partial charge in [0.05, 0.1) is 11.8 Å². The third kappa shape index (κ3) is 2.63. The lowest BCUT2D eigenvalue weighted by Gasteiger charge is -2.32. The van der Waals surface area contributed by atoms with E-state index in [4.69, 9.17) is 0 Å². The summed E-state index contributed by atoms with van der Waals surface area (Å²) in [4.78, 5) is 24.2. The van der Waals surface area contributed by atoms with Crippen molar-refractivity contribution in [1.29, 1.82) is 0 Å². The molecule has 3 aliphatic rings. The van der Waals surface area contributed by atoms with E-state index >= 15 is 0 Å². The number of carbonyl (C=O) groups is 2. The highest BCUT2D eigenvalue weighted by Gasteiger charge is 2.86. The van der Waals surface area contributed by atoms with Crippen molar-refractivity contribution in [3.8, 4) is 0 Å². The smallest absolute Gasteiger partial charge is 0.272 e. The molecule has 1 saturated carbocycles. The Morgan fingerprint density at radius 2 is 1.24 bits per heavy atom. The fourth-order valence-electron chi connectivity index (χ4n) is 3.61. The van der Waals surface area contributed by atoms with Gasteiger partial charge in [-0.1, -0.05) is 12.2 Å². The molecule has 0 spiro atoms. The van der Waals surface area contributed by atoms with Crippen molar-refractivity contribution in [3.63, 3.8) is 0 Å². The molecule has 0 aromatic rings. The number of fused-ring (bicyclic) bond motifs is 5. The number of nitrogens with zero attached hydrogens (tertiary/aromatic N) is 1. The van der Waals surface area contributed by atoms with E-state index in [9.17, 15) is 57.5 Å². The van der Waals surface area contributed by atoms with Crippen LogP contribution in [0.5, 0.6) is 0 Å². The molecule has 16 heteroatoms. The first-order chi connectivity index (χ1) is 12.9. The van der Waals surface area contributed by atoms with Crippen LogP contribution in [0.15, 0.2) is 12.2 Å². The molecule has 0 aromatic carbocycles. The summed E-state index contributed by atoms with van der Waals surface area (Å²) in [5.74, 6) is -21.7. The Hall–Kier alpha value is -1.84. The fourth-order valence-corrected chi connectivity index (χ4v) is 4.49. The molecule has 164 valence electrons. The molecule has 29 heavy (non-hydrogen) atoms. The monoisotopic (exact) mass is 461 g/mol. The number of allylic oxidation sites excluding steroid dienone is 2. The lowest BCUT2D eigenvalue weighted by Crippen LogP contribution is -2.64. The first-order valence-electron chi connectivity index (χ1n) is 7.59. The van der Waals surface area contributed by atoms with E-state index in [1.54, 1.807) is 0 Å². The van der Waals surface area contributed by atoms with Crippen molar-refractivity contribution >= 4 is 21.9 Å². The molecule has 1 aliphatic heterocycles. The highest BCUT2D eigenvalue weighted by molar-refractivity contribution is 7.87. The predicted molar refractivity (Wildman–Crippen MR) is 70.5 cm³/mol. The van der Waals surface area contributed by atoms with Gasteiger partial charge < -0.3 is 0 Å². The average Bonchev–Trinajstić information content (AvgIpc) is 3.23. The summed E-state index contributed by atoms with van der Waals surface area (Å²) < 4.78 is 142. The van der Waals surface area contributed by atoms with Crippen molar-refractivity contribution in [2.45, 2.75) is 29.7 Å². The zero-order valence-electron chi connectivity index (χ0n) is 13.5. The molecule has 4 atom stereocenters. The van der Waals surface area contributed by atoms with Crippen molar-refractivity contribution in [1.82, 2.24) is 5.06 Å². The maximum absolute atomic E-state index is 13.7. The molecule has 0 aromatic heterocycles. The Labute approximate surface area is 155 Å². The molecule has 2 amide bonds. The van der Waals surface area contributed by atoms with Crippen LogP contribution in [-0.2, 0) is 24.0 Å².